The van der Waals surface area contributed by atoms with Crippen molar-refractivity contribution in [2.75, 3.05) is 6.61 Å². The van der Waals surface area contributed by atoms with Gasteiger partial charge in [-0.15, -0.1) is 12.4 Å². The van der Waals surface area contributed by atoms with Crippen LogP contribution >= 0.6 is 28.3 Å². The molecule has 1 aliphatic rings. The average Bonchev–Trinajstić information content (AvgIpc) is 2.23. The first-order chi connectivity index (χ1) is 7.90. The number of hydrogen-bond acceptors (Lipinski definition) is 2. The molecule has 6 heteroatoms. The van der Waals surface area contributed by atoms with Crippen LogP contribution in [0.2, 0.25) is 0 Å². The van der Waals surface area contributed by atoms with Crippen LogP contribution in [-0.2, 0) is 4.74 Å². The summed E-state index contributed by atoms with van der Waals surface area (Å²) < 4.78 is 19.5. The van der Waals surface area contributed by atoms with Gasteiger partial charge >= 0.3 is 6.09 Å². The third-order valence-corrected chi connectivity index (χ3v) is 3.39. The van der Waals surface area contributed by atoms with Crippen molar-refractivity contribution in [2.45, 2.75) is 19.9 Å². The number of alkyl carbamates (subject to hydrolysis) is 1. The molecule has 2 rings (SSSR count). The second kappa shape index (κ2) is 5.45. The zero-order valence-electron chi connectivity index (χ0n) is 10.00. The monoisotopic (exact) mass is 337 g/mol. The Labute approximate surface area is 120 Å². The molecule has 1 atom stereocenters. The van der Waals surface area contributed by atoms with Crippen LogP contribution in [0.4, 0.5) is 9.18 Å². The van der Waals surface area contributed by atoms with E-state index in [1.807, 2.05) is 13.8 Å². The maximum atomic E-state index is 13.9. The van der Waals surface area contributed by atoms with E-state index >= 15 is 0 Å². The van der Waals surface area contributed by atoms with Gasteiger partial charge in [-0.1, -0.05) is 35.8 Å². The van der Waals surface area contributed by atoms with Crippen LogP contribution < -0.4 is 5.32 Å². The molecular weight excluding hydrogens is 324 g/mol. The van der Waals surface area contributed by atoms with Crippen molar-refractivity contribution in [1.29, 1.82) is 0 Å². The van der Waals surface area contributed by atoms with Gasteiger partial charge in [0, 0.05) is 15.5 Å². The summed E-state index contributed by atoms with van der Waals surface area (Å²) in [5.41, 5.74) is 0.137. The summed E-state index contributed by atoms with van der Waals surface area (Å²) >= 11 is 3.21. The van der Waals surface area contributed by atoms with Crippen LogP contribution in [0.15, 0.2) is 22.7 Å². The number of nitrogens with one attached hydrogen (secondary N) is 1. The van der Waals surface area contributed by atoms with Crippen molar-refractivity contribution in [1.82, 2.24) is 5.32 Å². The van der Waals surface area contributed by atoms with Gasteiger partial charge in [-0.05, 0) is 12.1 Å². The molecule has 0 aromatic heterocycles. The molecule has 3 nitrogen and oxygen atoms in total. The summed E-state index contributed by atoms with van der Waals surface area (Å²) in [7, 11) is 0. The molecule has 0 unspecified atom stereocenters. The van der Waals surface area contributed by atoms with Gasteiger partial charge in [0.1, 0.15) is 12.4 Å². The third kappa shape index (κ3) is 2.95. The lowest BCUT2D eigenvalue weighted by Gasteiger charge is -2.38. The Bertz CT molecular complexity index is 467. The highest BCUT2D eigenvalue weighted by Crippen LogP contribution is 2.37. The van der Waals surface area contributed by atoms with Gasteiger partial charge in [0.2, 0.25) is 0 Å². The van der Waals surface area contributed by atoms with E-state index in [1.165, 1.54) is 6.07 Å². The van der Waals surface area contributed by atoms with Crippen molar-refractivity contribution >= 4 is 34.4 Å². The minimum Gasteiger partial charge on any atom is -0.449 e. The predicted molar refractivity (Wildman–Crippen MR) is 72.4 cm³/mol. The van der Waals surface area contributed by atoms with Gasteiger partial charge in [-0.25, -0.2) is 9.18 Å². The summed E-state index contributed by atoms with van der Waals surface area (Å²) in [6, 6.07) is 4.46. The summed E-state index contributed by atoms with van der Waals surface area (Å²) in [6.45, 7) is 4.14. The third-order valence-electron chi connectivity index (χ3n) is 2.89. The number of halogens is 3. The maximum absolute atomic E-state index is 13.9. The van der Waals surface area contributed by atoms with E-state index < -0.39 is 6.09 Å². The van der Waals surface area contributed by atoms with Crippen molar-refractivity contribution in [2.24, 2.45) is 5.41 Å². The zero-order valence-corrected chi connectivity index (χ0v) is 12.4. The lowest BCUT2D eigenvalue weighted by molar-refractivity contribution is 0.0378. The summed E-state index contributed by atoms with van der Waals surface area (Å²) in [6.07, 6.45) is -0.503. The van der Waals surface area contributed by atoms with Crippen LogP contribution in [0, 0.1) is 11.2 Å². The molecule has 1 saturated heterocycles. The van der Waals surface area contributed by atoms with Gasteiger partial charge in [0.15, 0.2) is 0 Å². The molecule has 0 aliphatic carbocycles. The molecule has 1 heterocycles. The molecule has 1 aromatic rings. The Morgan fingerprint density at radius 3 is 2.78 bits per heavy atom. The van der Waals surface area contributed by atoms with E-state index in [2.05, 4.69) is 21.2 Å². The second-order valence-corrected chi connectivity index (χ2v) is 5.72. The highest BCUT2D eigenvalue weighted by Gasteiger charge is 2.39. The predicted octanol–water partition coefficient (Wildman–Crippen LogP) is 3.82. The summed E-state index contributed by atoms with van der Waals surface area (Å²) in [5, 5.41) is 2.67. The standard InChI is InChI=1S/C12H13BrFNO2.ClH/c1-12(2)6-17-11(16)15-10(12)8-4-3-7(13)5-9(8)14;/h3-5,10H,6H2,1-2H3,(H,15,16);1H/t10-;/m1./s1. The number of benzene rings is 1. The van der Waals surface area contributed by atoms with Crippen molar-refractivity contribution in [3.63, 3.8) is 0 Å². The van der Waals surface area contributed by atoms with Crippen molar-refractivity contribution in [3.8, 4) is 0 Å². The number of cyclic esters (lactones) is 1. The van der Waals surface area contributed by atoms with E-state index in [4.69, 9.17) is 4.74 Å². The van der Waals surface area contributed by atoms with Gasteiger partial charge in [0.25, 0.3) is 0 Å². The molecule has 0 radical (unpaired) electrons. The maximum Gasteiger partial charge on any atom is 0.407 e. The van der Waals surface area contributed by atoms with E-state index in [0.717, 1.165) is 0 Å². The molecule has 100 valence electrons. The number of carbonyl (C=O) groups excluding carboxylic acids is 1. The fourth-order valence-electron chi connectivity index (χ4n) is 1.92. The van der Waals surface area contributed by atoms with E-state index in [9.17, 15) is 9.18 Å². The lowest BCUT2D eigenvalue weighted by Crippen LogP contribution is -2.47. The number of rotatable bonds is 1. The first kappa shape index (κ1) is 15.2. The molecule has 1 N–H and O–H groups in total. The number of amides is 1. The van der Waals surface area contributed by atoms with E-state index in [-0.39, 0.29) is 36.3 Å². The van der Waals surface area contributed by atoms with Gasteiger partial charge in [-0.2, -0.15) is 0 Å². The Morgan fingerprint density at radius 2 is 2.17 bits per heavy atom. The Morgan fingerprint density at radius 1 is 1.50 bits per heavy atom. The van der Waals surface area contributed by atoms with Gasteiger partial charge in [0.05, 0.1) is 6.04 Å². The quantitative estimate of drug-likeness (QED) is 0.845. The molecule has 1 amide bonds. The van der Waals surface area contributed by atoms with Gasteiger partial charge < -0.3 is 10.1 Å². The van der Waals surface area contributed by atoms with E-state index in [0.29, 0.717) is 10.0 Å². The molecule has 0 spiro atoms. The Kier molecular flexibility index (Phi) is 4.61. The molecular formula is C12H14BrClFNO2. The molecule has 18 heavy (non-hydrogen) atoms. The topological polar surface area (TPSA) is 38.3 Å². The fraction of sp³-hybridized carbons (Fsp3) is 0.417. The first-order valence-electron chi connectivity index (χ1n) is 5.28. The average molecular weight is 339 g/mol. The Hall–Kier alpha value is -0.810. The highest BCUT2D eigenvalue weighted by atomic mass is 79.9. The first-order valence-corrected chi connectivity index (χ1v) is 6.08. The van der Waals surface area contributed by atoms with Gasteiger partial charge in [-0.3, -0.25) is 0 Å². The van der Waals surface area contributed by atoms with Crippen molar-refractivity contribution in [3.05, 3.63) is 34.1 Å². The van der Waals surface area contributed by atoms with Crippen LogP contribution in [-0.4, -0.2) is 12.7 Å². The molecule has 0 saturated carbocycles. The van der Waals surface area contributed by atoms with Crippen LogP contribution in [0.1, 0.15) is 25.5 Å². The van der Waals surface area contributed by atoms with Crippen LogP contribution in [0.3, 0.4) is 0 Å². The normalized spacial score (nSPS) is 21.6. The number of carbonyl (C=O) groups is 1. The fourth-order valence-corrected chi connectivity index (χ4v) is 2.26. The number of hydrogen-bond donors (Lipinski definition) is 1. The molecule has 1 aliphatic heterocycles. The minimum absolute atomic E-state index is 0. The van der Waals surface area contributed by atoms with E-state index in [1.54, 1.807) is 12.1 Å². The minimum atomic E-state index is -0.503. The summed E-state index contributed by atoms with van der Waals surface area (Å²) in [5.74, 6) is -0.334. The highest BCUT2D eigenvalue weighted by molar-refractivity contribution is 9.10. The molecule has 1 aromatic carbocycles. The molecule has 1 fully saturated rings. The smallest absolute Gasteiger partial charge is 0.407 e. The van der Waals surface area contributed by atoms with Crippen molar-refractivity contribution < 1.29 is 13.9 Å². The SMILES string of the molecule is CC1(C)COC(=O)N[C@@H]1c1ccc(Br)cc1F.Cl. The second-order valence-electron chi connectivity index (χ2n) is 4.81. The summed E-state index contributed by atoms with van der Waals surface area (Å²) in [4.78, 5) is 11.2. The molecule has 0 bridgehead atoms. The zero-order chi connectivity index (χ0) is 12.6. The largest absolute Gasteiger partial charge is 0.449 e. The lowest BCUT2D eigenvalue weighted by atomic mass is 9.80. The van der Waals surface area contributed by atoms with Crippen LogP contribution in [0.25, 0.3) is 0 Å². The number of ether oxygens (including phenoxy) is 1. The Balaban J connectivity index is 0.00000162. The van der Waals surface area contributed by atoms with Crippen LogP contribution in [0.5, 0.6) is 0 Å².